The summed E-state index contributed by atoms with van der Waals surface area (Å²) in [5.74, 6) is 0.832. The standard InChI is InChI=1S/C21H34N4O4/c1-3-22-20(26)16-29-18-9-8-17(14-19(18)28-2)15-24-21(27)23-10-4-5-11-25-12-6-7-13-25/h8-9,14H,3-7,10-13,15-16H2,1-2H3,(H,22,26)(H2,23,24,27). The molecule has 0 bridgehead atoms. The molecular weight excluding hydrogens is 372 g/mol. The lowest BCUT2D eigenvalue weighted by Gasteiger charge is -2.14. The van der Waals surface area contributed by atoms with Crippen LogP contribution in [0.3, 0.4) is 0 Å². The minimum Gasteiger partial charge on any atom is -0.493 e. The normalized spacial score (nSPS) is 13.7. The third kappa shape index (κ3) is 8.60. The maximum Gasteiger partial charge on any atom is 0.315 e. The quantitative estimate of drug-likeness (QED) is 0.461. The van der Waals surface area contributed by atoms with E-state index in [4.69, 9.17) is 9.47 Å². The predicted octanol–water partition coefficient (Wildman–Crippen LogP) is 1.89. The fraction of sp³-hybridized carbons (Fsp3) is 0.619. The van der Waals surface area contributed by atoms with Crippen LogP contribution in [0, 0.1) is 0 Å². The zero-order chi connectivity index (χ0) is 20.9. The molecule has 0 unspecified atom stereocenters. The molecular formula is C21H34N4O4. The van der Waals surface area contributed by atoms with Gasteiger partial charge in [0.25, 0.3) is 5.91 Å². The Morgan fingerprint density at radius 1 is 1.07 bits per heavy atom. The van der Waals surface area contributed by atoms with Crippen LogP contribution in [0.15, 0.2) is 18.2 Å². The van der Waals surface area contributed by atoms with Gasteiger partial charge in [-0.15, -0.1) is 0 Å². The second-order valence-corrected chi connectivity index (χ2v) is 7.09. The predicted molar refractivity (Wildman–Crippen MR) is 112 cm³/mol. The molecule has 2 rings (SSSR count). The number of unbranched alkanes of at least 4 members (excludes halogenated alkanes) is 1. The number of ether oxygens (including phenoxy) is 2. The monoisotopic (exact) mass is 406 g/mol. The molecule has 0 atom stereocenters. The number of nitrogens with zero attached hydrogens (tertiary/aromatic N) is 1. The second kappa shape index (κ2) is 12.9. The van der Waals surface area contributed by atoms with Gasteiger partial charge in [-0.25, -0.2) is 4.79 Å². The average molecular weight is 407 g/mol. The summed E-state index contributed by atoms with van der Waals surface area (Å²) in [7, 11) is 1.54. The number of benzene rings is 1. The van der Waals surface area contributed by atoms with E-state index in [2.05, 4.69) is 20.9 Å². The van der Waals surface area contributed by atoms with Crippen molar-refractivity contribution >= 4 is 11.9 Å². The van der Waals surface area contributed by atoms with Gasteiger partial charge in [-0.1, -0.05) is 6.07 Å². The van der Waals surface area contributed by atoms with Crippen LogP contribution in [0.5, 0.6) is 11.5 Å². The molecule has 29 heavy (non-hydrogen) atoms. The highest BCUT2D eigenvalue weighted by Gasteiger charge is 2.11. The summed E-state index contributed by atoms with van der Waals surface area (Å²) in [5, 5.41) is 8.42. The van der Waals surface area contributed by atoms with E-state index in [1.807, 2.05) is 13.0 Å². The maximum absolute atomic E-state index is 12.0. The van der Waals surface area contributed by atoms with Crippen molar-refractivity contribution in [2.45, 2.75) is 39.2 Å². The number of likely N-dealkylation sites (N-methyl/N-ethyl adjacent to an activating group) is 1. The number of hydrogen-bond donors (Lipinski definition) is 3. The zero-order valence-corrected chi connectivity index (χ0v) is 17.6. The SMILES string of the molecule is CCNC(=O)COc1ccc(CNC(=O)NCCCCN2CCCC2)cc1OC. The molecule has 0 radical (unpaired) electrons. The van der Waals surface area contributed by atoms with E-state index < -0.39 is 0 Å². The van der Waals surface area contributed by atoms with Gasteiger partial charge in [0.05, 0.1) is 7.11 Å². The number of rotatable bonds is 12. The van der Waals surface area contributed by atoms with Crippen molar-refractivity contribution < 1.29 is 19.1 Å². The third-order valence-electron chi connectivity index (χ3n) is 4.80. The highest BCUT2D eigenvalue weighted by molar-refractivity contribution is 5.77. The van der Waals surface area contributed by atoms with Crippen LogP contribution in [0.1, 0.15) is 38.2 Å². The van der Waals surface area contributed by atoms with Crippen LogP contribution in [-0.4, -0.2) is 63.3 Å². The number of carbonyl (C=O) groups is 2. The molecule has 1 saturated heterocycles. The smallest absolute Gasteiger partial charge is 0.315 e. The highest BCUT2D eigenvalue weighted by Crippen LogP contribution is 2.28. The Balaban J connectivity index is 1.66. The second-order valence-electron chi connectivity index (χ2n) is 7.09. The van der Waals surface area contributed by atoms with Crippen LogP contribution in [0.4, 0.5) is 4.79 Å². The van der Waals surface area contributed by atoms with Crippen LogP contribution in [-0.2, 0) is 11.3 Å². The first-order valence-electron chi connectivity index (χ1n) is 10.4. The van der Waals surface area contributed by atoms with Crippen molar-refractivity contribution in [2.24, 2.45) is 0 Å². The van der Waals surface area contributed by atoms with Gasteiger partial charge in [0.2, 0.25) is 0 Å². The first-order chi connectivity index (χ1) is 14.1. The lowest BCUT2D eigenvalue weighted by Crippen LogP contribution is -2.35. The molecule has 1 aromatic rings. The molecule has 8 heteroatoms. The summed E-state index contributed by atoms with van der Waals surface area (Å²) in [6.45, 7) is 6.96. The van der Waals surface area contributed by atoms with Crippen molar-refractivity contribution in [1.82, 2.24) is 20.9 Å². The van der Waals surface area contributed by atoms with E-state index in [9.17, 15) is 9.59 Å². The lowest BCUT2D eigenvalue weighted by atomic mass is 10.2. The number of urea groups is 1. The Labute approximate surface area is 173 Å². The van der Waals surface area contributed by atoms with Crippen molar-refractivity contribution in [3.8, 4) is 11.5 Å². The molecule has 1 aliphatic rings. The Morgan fingerprint density at radius 3 is 2.59 bits per heavy atom. The number of likely N-dealkylation sites (tertiary alicyclic amines) is 1. The molecule has 0 aromatic heterocycles. The average Bonchev–Trinajstić information content (AvgIpc) is 3.24. The fourth-order valence-electron chi connectivity index (χ4n) is 3.25. The van der Waals surface area contributed by atoms with Gasteiger partial charge in [-0.3, -0.25) is 4.79 Å². The van der Waals surface area contributed by atoms with E-state index in [-0.39, 0.29) is 18.5 Å². The number of amides is 3. The molecule has 8 nitrogen and oxygen atoms in total. The minimum atomic E-state index is -0.183. The van der Waals surface area contributed by atoms with Crippen molar-refractivity contribution in [3.05, 3.63) is 23.8 Å². The number of nitrogens with one attached hydrogen (secondary N) is 3. The Hall–Kier alpha value is -2.48. The maximum atomic E-state index is 12.0. The third-order valence-corrected chi connectivity index (χ3v) is 4.80. The van der Waals surface area contributed by atoms with Crippen molar-refractivity contribution in [3.63, 3.8) is 0 Å². The molecule has 1 aromatic carbocycles. The number of hydrogen-bond acceptors (Lipinski definition) is 5. The van der Waals surface area contributed by atoms with Gasteiger partial charge < -0.3 is 30.3 Å². The zero-order valence-electron chi connectivity index (χ0n) is 17.6. The molecule has 162 valence electrons. The highest BCUT2D eigenvalue weighted by atomic mass is 16.5. The van der Waals surface area contributed by atoms with Gasteiger partial charge in [0.15, 0.2) is 18.1 Å². The topological polar surface area (TPSA) is 91.9 Å². The minimum absolute atomic E-state index is 0.0675. The van der Waals surface area contributed by atoms with Crippen molar-refractivity contribution in [1.29, 1.82) is 0 Å². The van der Waals surface area contributed by atoms with E-state index >= 15 is 0 Å². The summed E-state index contributed by atoms with van der Waals surface area (Å²) < 4.78 is 10.8. The summed E-state index contributed by atoms with van der Waals surface area (Å²) in [6.07, 6.45) is 4.71. The molecule has 1 heterocycles. The summed E-state index contributed by atoms with van der Waals surface area (Å²) in [5.41, 5.74) is 0.886. The van der Waals surface area contributed by atoms with Crippen molar-refractivity contribution in [2.75, 3.05) is 46.4 Å². The molecule has 1 fully saturated rings. The van der Waals surface area contributed by atoms with Crippen LogP contribution >= 0.6 is 0 Å². The Bertz CT molecular complexity index is 648. The van der Waals surface area contributed by atoms with Gasteiger partial charge >= 0.3 is 6.03 Å². The lowest BCUT2D eigenvalue weighted by molar-refractivity contribution is -0.123. The van der Waals surface area contributed by atoms with Crippen LogP contribution in [0.2, 0.25) is 0 Å². The molecule has 3 amide bonds. The van der Waals surface area contributed by atoms with E-state index in [0.717, 1.165) is 24.9 Å². The van der Waals surface area contributed by atoms with Gasteiger partial charge in [0, 0.05) is 19.6 Å². The largest absolute Gasteiger partial charge is 0.493 e. The molecule has 1 aliphatic heterocycles. The van der Waals surface area contributed by atoms with Gasteiger partial charge in [0.1, 0.15) is 0 Å². The summed E-state index contributed by atoms with van der Waals surface area (Å²) in [6, 6.07) is 5.20. The number of methoxy groups -OCH3 is 1. The van der Waals surface area contributed by atoms with E-state index in [1.54, 1.807) is 19.2 Å². The fourth-order valence-corrected chi connectivity index (χ4v) is 3.25. The molecule has 0 saturated carbocycles. The molecule has 0 spiro atoms. The van der Waals surface area contributed by atoms with E-state index in [1.165, 1.54) is 25.9 Å². The summed E-state index contributed by atoms with van der Waals surface area (Å²) >= 11 is 0. The molecule has 0 aliphatic carbocycles. The van der Waals surface area contributed by atoms with Crippen LogP contribution < -0.4 is 25.4 Å². The number of carbonyl (C=O) groups excluding carboxylic acids is 2. The Morgan fingerprint density at radius 2 is 1.86 bits per heavy atom. The Kier molecular flexibility index (Phi) is 10.1. The summed E-state index contributed by atoms with van der Waals surface area (Å²) in [4.78, 5) is 26.0. The molecule has 3 N–H and O–H groups in total. The first-order valence-corrected chi connectivity index (χ1v) is 10.4. The van der Waals surface area contributed by atoms with Gasteiger partial charge in [-0.2, -0.15) is 0 Å². The van der Waals surface area contributed by atoms with Gasteiger partial charge in [-0.05, 0) is 69.9 Å². The first kappa shape index (κ1) is 22.8. The van der Waals surface area contributed by atoms with E-state index in [0.29, 0.717) is 31.1 Å². The van der Waals surface area contributed by atoms with Crippen LogP contribution in [0.25, 0.3) is 0 Å².